The summed E-state index contributed by atoms with van der Waals surface area (Å²) < 4.78 is 0. The summed E-state index contributed by atoms with van der Waals surface area (Å²) in [6.07, 6.45) is 15.9. The van der Waals surface area contributed by atoms with Crippen molar-refractivity contribution in [2.45, 2.75) is 126 Å². The van der Waals surface area contributed by atoms with Crippen LogP contribution in [-0.4, -0.2) is 0 Å². The molecule has 7 atom stereocenters. The van der Waals surface area contributed by atoms with Crippen molar-refractivity contribution in [2.24, 2.45) is 47.3 Å². The zero-order chi connectivity index (χ0) is 20.4. The van der Waals surface area contributed by atoms with Crippen LogP contribution in [0.1, 0.15) is 126 Å². The second kappa shape index (κ2) is 13.3. The van der Waals surface area contributed by atoms with Gasteiger partial charge in [0.2, 0.25) is 0 Å². The van der Waals surface area contributed by atoms with E-state index in [4.69, 9.17) is 0 Å². The third-order valence-corrected chi connectivity index (χ3v) is 8.40. The van der Waals surface area contributed by atoms with Crippen LogP contribution in [-0.2, 0) is 0 Å². The van der Waals surface area contributed by atoms with Crippen molar-refractivity contribution in [2.75, 3.05) is 0 Å². The van der Waals surface area contributed by atoms with Crippen LogP contribution in [0.4, 0.5) is 0 Å². The van der Waals surface area contributed by atoms with Gasteiger partial charge in [0.15, 0.2) is 0 Å². The topological polar surface area (TPSA) is 0 Å². The lowest BCUT2D eigenvalue weighted by molar-refractivity contribution is 0.0381. The van der Waals surface area contributed by atoms with Gasteiger partial charge in [0.05, 0.1) is 0 Å². The van der Waals surface area contributed by atoms with Crippen molar-refractivity contribution in [3.63, 3.8) is 0 Å². The molecule has 0 bridgehead atoms. The molecular formula is C27H54. The molecule has 162 valence electrons. The molecule has 0 aromatic carbocycles. The van der Waals surface area contributed by atoms with Gasteiger partial charge >= 0.3 is 0 Å². The van der Waals surface area contributed by atoms with Gasteiger partial charge in [0, 0.05) is 0 Å². The summed E-state index contributed by atoms with van der Waals surface area (Å²) in [5.74, 6) is 7.47. The predicted molar refractivity (Wildman–Crippen MR) is 124 cm³/mol. The van der Waals surface area contributed by atoms with E-state index in [9.17, 15) is 0 Å². The Balaban J connectivity index is 2.61. The van der Waals surface area contributed by atoms with Crippen LogP contribution in [0.2, 0.25) is 0 Å². The Hall–Kier alpha value is 0. The number of rotatable bonds is 13. The first-order chi connectivity index (χ1) is 12.8. The monoisotopic (exact) mass is 378 g/mol. The van der Waals surface area contributed by atoms with Gasteiger partial charge in [-0.1, -0.05) is 107 Å². The first-order valence-corrected chi connectivity index (χ1v) is 12.8. The van der Waals surface area contributed by atoms with E-state index in [1.807, 2.05) is 0 Å². The van der Waals surface area contributed by atoms with E-state index >= 15 is 0 Å². The highest BCUT2D eigenvalue weighted by Gasteiger charge is 2.39. The Kier molecular flexibility index (Phi) is 12.3. The fourth-order valence-corrected chi connectivity index (χ4v) is 6.28. The van der Waals surface area contributed by atoms with Crippen LogP contribution in [0.25, 0.3) is 0 Å². The molecule has 27 heavy (non-hydrogen) atoms. The SMILES string of the molecule is CCCCCCC(CC)CC(C)C(C)C1CC(C)C(CCC)C(C(C)C)C1. The molecule has 0 amide bonds. The molecule has 1 aliphatic carbocycles. The fraction of sp³-hybridized carbons (Fsp3) is 1.00. The van der Waals surface area contributed by atoms with E-state index in [0.29, 0.717) is 0 Å². The standard InChI is InChI=1S/C27H54/c1-9-12-13-14-16-24(11-3)17-21(6)23(8)25-18-22(7)26(15-10-2)27(19-25)20(4)5/h20-27H,9-19H2,1-8H3. The maximum atomic E-state index is 2.60. The highest BCUT2D eigenvalue weighted by Crippen LogP contribution is 2.47. The van der Waals surface area contributed by atoms with Gasteiger partial charge in [-0.2, -0.15) is 0 Å². The van der Waals surface area contributed by atoms with Gasteiger partial charge in [0.1, 0.15) is 0 Å². The van der Waals surface area contributed by atoms with E-state index in [1.165, 1.54) is 70.6 Å². The lowest BCUT2D eigenvalue weighted by Gasteiger charge is -2.46. The summed E-state index contributed by atoms with van der Waals surface area (Å²) in [7, 11) is 0. The van der Waals surface area contributed by atoms with Gasteiger partial charge in [0.25, 0.3) is 0 Å². The summed E-state index contributed by atoms with van der Waals surface area (Å²) in [5, 5.41) is 0. The second-order valence-electron chi connectivity index (χ2n) is 10.8. The average Bonchev–Trinajstić information content (AvgIpc) is 2.64. The first-order valence-electron chi connectivity index (χ1n) is 12.8. The van der Waals surface area contributed by atoms with Crippen LogP contribution in [0.3, 0.4) is 0 Å². The molecule has 0 aliphatic heterocycles. The van der Waals surface area contributed by atoms with E-state index in [0.717, 1.165) is 47.3 Å². The minimum Gasteiger partial charge on any atom is -0.0654 e. The van der Waals surface area contributed by atoms with Crippen LogP contribution in [0.5, 0.6) is 0 Å². The minimum absolute atomic E-state index is 0.858. The summed E-state index contributed by atoms with van der Waals surface area (Å²) in [6.45, 7) is 19.8. The molecule has 0 radical (unpaired) electrons. The van der Waals surface area contributed by atoms with Gasteiger partial charge in [-0.05, 0) is 66.6 Å². The number of unbranched alkanes of at least 4 members (excludes halogenated alkanes) is 3. The molecule has 1 fully saturated rings. The lowest BCUT2D eigenvalue weighted by atomic mass is 9.60. The molecule has 0 spiro atoms. The van der Waals surface area contributed by atoms with Crippen LogP contribution >= 0.6 is 0 Å². The second-order valence-corrected chi connectivity index (χ2v) is 10.8. The molecule has 0 heterocycles. The third-order valence-electron chi connectivity index (χ3n) is 8.40. The first kappa shape index (κ1) is 25.0. The zero-order valence-corrected chi connectivity index (χ0v) is 20.4. The van der Waals surface area contributed by atoms with Gasteiger partial charge < -0.3 is 0 Å². The highest BCUT2D eigenvalue weighted by atomic mass is 14.4. The number of hydrogen-bond acceptors (Lipinski definition) is 0. The van der Waals surface area contributed by atoms with Gasteiger partial charge in [-0.3, -0.25) is 0 Å². The molecule has 0 heteroatoms. The molecule has 1 rings (SSSR count). The average molecular weight is 379 g/mol. The largest absolute Gasteiger partial charge is 0.0654 e. The molecule has 7 unspecified atom stereocenters. The van der Waals surface area contributed by atoms with Gasteiger partial charge in [-0.25, -0.2) is 0 Å². The summed E-state index contributed by atoms with van der Waals surface area (Å²) in [4.78, 5) is 0. The molecule has 0 saturated heterocycles. The Morgan fingerprint density at radius 3 is 2.11 bits per heavy atom. The Morgan fingerprint density at radius 1 is 0.852 bits per heavy atom. The van der Waals surface area contributed by atoms with Crippen LogP contribution in [0.15, 0.2) is 0 Å². The predicted octanol–water partition coefficient (Wildman–Crippen LogP) is 9.38. The number of hydrogen-bond donors (Lipinski definition) is 0. The quantitative estimate of drug-likeness (QED) is 0.280. The van der Waals surface area contributed by atoms with E-state index in [-0.39, 0.29) is 0 Å². The summed E-state index contributed by atoms with van der Waals surface area (Å²) in [6, 6.07) is 0. The Labute approximate surface area is 173 Å². The van der Waals surface area contributed by atoms with Crippen molar-refractivity contribution in [1.82, 2.24) is 0 Å². The van der Waals surface area contributed by atoms with Crippen molar-refractivity contribution >= 4 is 0 Å². The Bertz CT molecular complexity index is 357. The normalized spacial score (nSPS) is 29.7. The van der Waals surface area contributed by atoms with Crippen molar-refractivity contribution in [1.29, 1.82) is 0 Å². The van der Waals surface area contributed by atoms with E-state index in [2.05, 4.69) is 55.4 Å². The molecule has 1 saturated carbocycles. The molecule has 0 nitrogen and oxygen atoms in total. The smallest absolute Gasteiger partial charge is 0.0357 e. The summed E-state index contributed by atoms with van der Waals surface area (Å²) >= 11 is 0. The maximum Gasteiger partial charge on any atom is -0.0357 e. The molecule has 0 aromatic rings. The van der Waals surface area contributed by atoms with Crippen molar-refractivity contribution in [3.05, 3.63) is 0 Å². The van der Waals surface area contributed by atoms with Crippen LogP contribution < -0.4 is 0 Å². The third kappa shape index (κ3) is 8.10. The fourth-order valence-electron chi connectivity index (χ4n) is 6.28. The summed E-state index contributed by atoms with van der Waals surface area (Å²) in [5.41, 5.74) is 0. The lowest BCUT2D eigenvalue weighted by Crippen LogP contribution is -2.37. The van der Waals surface area contributed by atoms with Gasteiger partial charge in [-0.15, -0.1) is 0 Å². The van der Waals surface area contributed by atoms with E-state index in [1.54, 1.807) is 0 Å². The molecule has 0 aromatic heterocycles. The van der Waals surface area contributed by atoms with Crippen molar-refractivity contribution < 1.29 is 0 Å². The van der Waals surface area contributed by atoms with E-state index < -0.39 is 0 Å². The van der Waals surface area contributed by atoms with Crippen molar-refractivity contribution in [3.8, 4) is 0 Å². The molecule has 0 N–H and O–H groups in total. The molecular weight excluding hydrogens is 324 g/mol. The van der Waals surface area contributed by atoms with Crippen LogP contribution in [0, 0.1) is 47.3 Å². The minimum atomic E-state index is 0.858. The highest BCUT2D eigenvalue weighted by molar-refractivity contribution is 4.88. The molecule has 1 aliphatic rings. The zero-order valence-electron chi connectivity index (χ0n) is 20.4. The Morgan fingerprint density at radius 2 is 1.56 bits per heavy atom. The maximum absolute atomic E-state index is 2.60.